The number of rotatable bonds is 4. The molecule has 0 aromatic heterocycles. The number of hydrogen-bond donors (Lipinski definition) is 1. The molecule has 0 heterocycles. The second kappa shape index (κ2) is 5.46. The van der Waals surface area contributed by atoms with E-state index in [2.05, 4.69) is 0 Å². The molecule has 4 nitrogen and oxygen atoms in total. The van der Waals surface area contributed by atoms with Crippen molar-refractivity contribution in [3.8, 4) is 0 Å². The third-order valence-corrected chi connectivity index (χ3v) is 4.56. The summed E-state index contributed by atoms with van der Waals surface area (Å²) in [6.07, 6.45) is 0. The fourth-order valence-electron chi connectivity index (χ4n) is 1.93. The van der Waals surface area contributed by atoms with Crippen molar-refractivity contribution in [2.45, 2.75) is 17.6 Å². The van der Waals surface area contributed by atoms with Gasteiger partial charge in [0.1, 0.15) is 0 Å². The van der Waals surface area contributed by atoms with Crippen LogP contribution in [0.4, 0.5) is 0 Å². The number of aryl methyl sites for hydroxylation is 1. The molecular formula is C15H14O4S. The Kier molecular flexibility index (Phi) is 3.90. The molecule has 0 bridgehead atoms. The van der Waals surface area contributed by atoms with Crippen molar-refractivity contribution >= 4 is 15.8 Å². The highest BCUT2D eigenvalue weighted by Gasteiger charge is 2.17. The summed E-state index contributed by atoms with van der Waals surface area (Å²) < 4.78 is 24.6. The third-order valence-electron chi connectivity index (χ3n) is 2.88. The molecule has 1 N–H and O–H groups in total. The Morgan fingerprint density at radius 1 is 1.10 bits per heavy atom. The van der Waals surface area contributed by atoms with Gasteiger partial charge in [0.2, 0.25) is 0 Å². The van der Waals surface area contributed by atoms with Crippen LogP contribution in [-0.4, -0.2) is 19.5 Å². The maximum atomic E-state index is 12.3. The smallest absolute Gasteiger partial charge is 0.335 e. The zero-order valence-electron chi connectivity index (χ0n) is 10.9. The summed E-state index contributed by atoms with van der Waals surface area (Å²) in [5.74, 6) is -1.28. The summed E-state index contributed by atoms with van der Waals surface area (Å²) in [6, 6.07) is 12.6. The predicted octanol–water partition coefficient (Wildman–Crippen LogP) is 2.67. The highest BCUT2D eigenvalue weighted by Crippen LogP contribution is 2.18. The molecule has 0 atom stereocenters. The topological polar surface area (TPSA) is 71.4 Å². The van der Waals surface area contributed by atoms with Gasteiger partial charge in [0, 0.05) is 0 Å². The first kappa shape index (κ1) is 14.3. The standard InChI is InChI=1S/C15H14O4S/c1-11-4-2-5-12(8-11)10-20(18,19)14-7-3-6-13(9-14)15(16)17/h2-9H,10H2,1H3,(H,16,17). The lowest BCUT2D eigenvalue weighted by atomic mass is 10.2. The van der Waals surface area contributed by atoms with Crippen LogP contribution >= 0.6 is 0 Å². The summed E-state index contributed by atoms with van der Waals surface area (Å²) in [6.45, 7) is 1.89. The van der Waals surface area contributed by atoms with Crippen LogP contribution in [0.15, 0.2) is 53.4 Å². The van der Waals surface area contributed by atoms with Gasteiger partial charge in [0.05, 0.1) is 16.2 Å². The Bertz CT molecular complexity index is 748. The van der Waals surface area contributed by atoms with Crippen LogP contribution < -0.4 is 0 Å². The zero-order valence-corrected chi connectivity index (χ0v) is 11.7. The molecule has 5 heteroatoms. The Hall–Kier alpha value is -2.14. The minimum Gasteiger partial charge on any atom is -0.478 e. The van der Waals surface area contributed by atoms with Gasteiger partial charge in [-0.25, -0.2) is 13.2 Å². The minimum absolute atomic E-state index is 0.0268. The van der Waals surface area contributed by atoms with Crippen LogP contribution in [-0.2, 0) is 15.6 Å². The molecule has 20 heavy (non-hydrogen) atoms. The molecule has 2 rings (SSSR count). The molecule has 0 unspecified atom stereocenters. The lowest BCUT2D eigenvalue weighted by molar-refractivity contribution is 0.0696. The molecule has 0 saturated carbocycles. The van der Waals surface area contributed by atoms with E-state index in [9.17, 15) is 13.2 Å². The van der Waals surface area contributed by atoms with Crippen molar-refractivity contribution in [3.05, 3.63) is 65.2 Å². The van der Waals surface area contributed by atoms with Crippen molar-refractivity contribution in [1.82, 2.24) is 0 Å². The summed E-state index contributed by atoms with van der Waals surface area (Å²) >= 11 is 0. The molecule has 104 valence electrons. The van der Waals surface area contributed by atoms with Gasteiger partial charge < -0.3 is 5.11 Å². The van der Waals surface area contributed by atoms with E-state index >= 15 is 0 Å². The normalized spacial score (nSPS) is 11.2. The van der Waals surface area contributed by atoms with Crippen LogP contribution in [0.3, 0.4) is 0 Å². The van der Waals surface area contributed by atoms with E-state index in [0.29, 0.717) is 5.56 Å². The number of benzene rings is 2. The Morgan fingerprint density at radius 2 is 1.80 bits per heavy atom. The van der Waals surface area contributed by atoms with Gasteiger partial charge in [-0.1, -0.05) is 35.9 Å². The average Bonchev–Trinajstić information content (AvgIpc) is 2.38. The Morgan fingerprint density at radius 3 is 2.45 bits per heavy atom. The molecule has 0 aliphatic rings. The zero-order chi connectivity index (χ0) is 14.8. The van der Waals surface area contributed by atoms with E-state index in [0.717, 1.165) is 5.56 Å². The highest BCUT2D eigenvalue weighted by atomic mass is 32.2. The molecule has 0 spiro atoms. The molecule has 0 fully saturated rings. The first-order valence-electron chi connectivity index (χ1n) is 6.00. The van der Waals surface area contributed by atoms with Gasteiger partial charge in [0.15, 0.2) is 9.84 Å². The van der Waals surface area contributed by atoms with E-state index in [1.807, 2.05) is 13.0 Å². The third kappa shape index (κ3) is 3.24. The van der Waals surface area contributed by atoms with Crippen molar-refractivity contribution in [1.29, 1.82) is 0 Å². The largest absolute Gasteiger partial charge is 0.478 e. The van der Waals surface area contributed by atoms with E-state index < -0.39 is 15.8 Å². The van der Waals surface area contributed by atoms with Crippen molar-refractivity contribution in [2.75, 3.05) is 0 Å². The first-order chi connectivity index (χ1) is 9.38. The molecule has 0 amide bonds. The quantitative estimate of drug-likeness (QED) is 0.939. The SMILES string of the molecule is Cc1cccc(CS(=O)(=O)c2cccc(C(=O)O)c2)c1. The number of carboxylic acid groups (broad SMARTS) is 1. The van der Waals surface area contributed by atoms with Gasteiger partial charge in [0.25, 0.3) is 0 Å². The minimum atomic E-state index is -3.55. The average molecular weight is 290 g/mol. The Labute approximate surface area is 117 Å². The fraction of sp³-hybridized carbons (Fsp3) is 0.133. The van der Waals surface area contributed by atoms with Crippen LogP contribution in [0.2, 0.25) is 0 Å². The van der Waals surface area contributed by atoms with Gasteiger partial charge in [-0.3, -0.25) is 0 Å². The second-order valence-corrected chi connectivity index (χ2v) is 6.57. The van der Waals surface area contributed by atoms with Gasteiger partial charge in [-0.2, -0.15) is 0 Å². The lowest BCUT2D eigenvalue weighted by Crippen LogP contribution is -2.07. The van der Waals surface area contributed by atoms with Crippen molar-refractivity contribution in [3.63, 3.8) is 0 Å². The fourth-order valence-corrected chi connectivity index (χ4v) is 3.30. The Balaban J connectivity index is 2.35. The van der Waals surface area contributed by atoms with Crippen LogP contribution in [0.25, 0.3) is 0 Å². The lowest BCUT2D eigenvalue weighted by Gasteiger charge is -2.06. The molecule has 0 aliphatic carbocycles. The maximum Gasteiger partial charge on any atom is 0.335 e. The molecule has 0 saturated heterocycles. The van der Waals surface area contributed by atoms with Gasteiger partial charge >= 0.3 is 5.97 Å². The summed E-state index contributed by atoms with van der Waals surface area (Å²) in [7, 11) is -3.55. The number of carboxylic acids is 1. The second-order valence-electron chi connectivity index (χ2n) is 4.58. The predicted molar refractivity (Wildman–Crippen MR) is 75.5 cm³/mol. The summed E-state index contributed by atoms with van der Waals surface area (Å²) in [5, 5.41) is 8.91. The first-order valence-corrected chi connectivity index (χ1v) is 7.65. The monoisotopic (exact) mass is 290 g/mol. The molecular weight excluding hydrogens is 276 g/mol. The van der Waals surface area contributed by atoms with Crippen LogP contribution in [0.1, 0.15) is 21.5 Å². The highest BCUT2D eigenvalue weighted by molar-refractivity contribution is 7.90. The van der Waals surface area contributed by atoms with Crippen LogP contribution in [0.5, 0.6) is 0 Å². The summed E-state index contributed by atoms with van der Waals surface area (Å²) in [5.41, 5.74) is 1.64. The van der Waals surface area contributed by atoms with E-state index in [-0.39, 0.29) is 16.2 Å². The van der Waals surface area contributed by atoms with E-state index in [4.69, 9.17) is 5.11 Å². The molecule has 2 aromatic rings. The molecule has 0 radical (unpaired) electrons. The molecule has 2 aromatic carbocycles. The maximum absolute atomic E-state index is 12.3. The summed E-state index contributed by atoms with van der Waals surface area (Å²) in [4.78, 5) is 10.9. The number of aromatic carboxylic acids is 1. The van der Waals surface area contributed by atoms with Crippen molar-refractivity contribution in [2.24, 2.45) is 0 Å². The van der Waals surface area contributed by atoms with E-state index in [1.54, 1.807) is 18.2 Å². The molecule has 0 aliphatic heterocycles. The van der Waals surface area contributed by atoms with Gasteiger partial charge in [-0.15, -0.1) is 0 Å². The number of hydrogen-bond acceptors (Lipinski definition) is 3. The van der Waals surface area contributed by atoms with E-state index in [1.165, 1.54) is 24.3 Å². The van der Waals surface area contributed by atoms with Crippen LogP contribution in [0, 0.1) is 6.92 Å². The van der Waals surface area contributed by atoms with Gasteiger partial charge in [-0.05, 0) is 30.7 Å². The van der Waals surface area contributed by atoms with Crippen molar-refractivity contribution < 1.29 is 18.3 Å². The number of sulfone groups is 1. The number of carbonyl (C=O) groups is 1.